The predicted octanol–water partition coefficient (Wildman–Crippen LogP) is 1.92. The molecule has 1 rings (SSSR count). The second-order valence-corrected chi connectivity index (χ2v) is 4.95. The molecule has 0 spiro atoms. The van der Waals surface area contributed by atoms with E-state index in [4.69, 9.17) is 4.74 Å². The summed E-state index contributed by atoms with van der Waals surface area (Å²) < 4.78 is 6.86. The Morgan fingerprint density at radius 2 is 1.95 bits per heavy atom. The summed E-state index contributed by atoms with van der Waals surface area (Å²) in [7, 11) is 0. The quantitative estimate of drug-likeness (QED) is 0.682. The maximum atomic E-state index is 11.9. The molecule has 114 valence electrons. The van der Waals surface area contributed by atoms with Crippen LogP contribution in [0.3, 0.4) is 0 Å². The Morgan fingerprint density at radius 3 is 2.45 bits per heavy atom. The van der Waals surface area contributed by atoms with E-state index < -0.39 is 0 Å². The molecule has 0 atom stereocenters. The van der Waals surface area contributed by atoms with Gasteiger partial charge in [0.25, 0.3) is 0 Å². The average molecular weight is 282 g/mol. The zero-order valence-corrected chi connectivity index (χ0v) is 13.2. The van der Waals surface area contributed by atoms with Gasteiger partial charge in [-0.2, -0.15) is 0 Å². The summed E-state index contributed by atoms with van der Waals surface area (Å²) in [5.41, 5.74) is 1.21. The number of likely N-dealkylation sites (N-methyl/N-ethyl adjacent to an activating group) is 1. The van der Waals surface area contributed by atoms with Gasteiger partial charge in [-0.15, -0.1) is 5.10 Å². The third-order valence-corrected chi connectivity index (χ3v) is 3.31. The van der Waals surface area contributed by atoms with Crippen LogP contribution in [0.4, 0.5) is 0 Å². The number of nitrogens with zero attached hydrogens (tertiary/aromatic N) is 4. The van der Waals surface area contributed by atoms with Crippen LogP contribution in [-0.4, -0.2) is 52.1 Å². The molecule has 0 fully saturated rings. The summed E-state index contributed by atoms with van der Waals surface area (Å²) in [4.78, 5) is 14.2. The third-order valence-electron chi connectivity index (χ3n) is 3.31. The van der Waals surface area contributed by atoms with E-state index in [0.717, 1.165) is 31.9 Å². The number of ether oxygens (including phenoxy) is 1. The minimum Gasteiger partial charge on any atom is -0.461 e. The fourth-order valence-corrected chi connectivity index (χ4v) is 2.18. The van der Waals surface area contributed by atoms with Crippen molar-refractivity contribution in [3.8, 4) is 0 Å². The van der Waals surface area contributed by atoms with Gasteiger partial charge in [0.15, 0.2) is 5.69 Å². The number of hydrogen-bond donors (Lipinski definition) is 0. The van der Waals surface area contributed by atoms with Crippen molar-refractivity contribution in [3.63, 3.8) is 0 Å². The molecule has 0 radical (unpaired) electrons. The second kappa shape index (κ2) is 7.99. The molecule has 0 saturated heterocycles. The van der Waals surface area contributed by atoms with Crippen molar-refractivity contribution in [2.75, 3.05) is 26.2 Å². The van der Waals surface area contributed by atoms with Gasteiger partial charge in [-0.1, -0.05) is 32.9 Å². The second-order valence-electron chi connectivity index (χ2n) is 4.95. The topological polar surface area (TPSA) is 60.2 Å². The highest BCUT2D eigenvalue weighted by molar-refractivity contribution is 5.88. The Bertz CT molecular complexity index is 425. The van der Waals surface area contributed by atoms with E-state index >= 15 is 0 Å². The lowest BCUT2D eigenvalue weighted by atomic mass is 10.1. The van der Waals surface area contributed by atoms with Gasteiger partial charge in [-0.25, -0.2) is 9.48 Å². The minimum absolute atomic E-state index is 0.182. The van der Waals surface area contributed by atoms with Gasteiger partial charge >= 0.3 is 5.97 Å². The molecule has 20 heavy (non-hydrogen) atoms. The molecule has 0 aliphatic heterocycles. The number of esters is 1. The normalized spacial score (nSPS) is 11.3. The molecule has 6 nitrogen and oxygen atoms in total. The lowest BCUT2D eigenvalue weighted by molar-refractivity contribution is 0.0517. The fourth-order valence-electron chi connectivity index (χ4n) is 2.18. The van der Waals surface area contributed by atoms with Crippen molar-refractivity contribution in [1.29, 1.82) is 0 Å². The Kier molecular flexibility index (Phi) is 6.64. The first-order chi connectivity index (χ1) is 9.54. The molecule has 0 amide bonds. The van der Waals surface area contributed by atoms with E-state index in [0.29, 0.717) is 12.3 Å². The van der Waals surface area contributed by atoms with Crippen molar-refractivity contribution < 1.29 is 9.53 Å². The van der Waals surface area contributed by atoms with E-state index in [9.17, 15) is 4.79 Å². The van der Waals surface area contributed by atoms with Crippen LogP contribution >= 0.6 is 0 Å². The average Bonchev–Trinajstić information content (AvgIpc) is 2.84. The van der Waals surface area contributed by atoms with Crippen molar-refractivity contribution in [1.82, 2.24) is 19.9 Å². The fraction of sp³-hybridized carbons (Fsp3) is 0.786. The van der Waals surface area contributed by atoms with Gasteiger partial charge in [0, 0.05) is 6.54 Å². The molecule has 0 aliphatic carbocycles. The van der Waals surface area contributed by atoms with Crippen LogP contribution in [0.1, 0.15) is 56.7 Å². The number of carbonyl (C=O) groups excluding carboxylic acids is 1. The summed E-state index contributed by atoms with van der Waals surface area (Å²) >= 11 is 0. The zero-order chi connectivity index (χ0) is 15.1. The Labute approximate surface area is 121 Å². The summed E-state index contributed by atoms with van der Waals surface area (Å²) in [5.74, 6) is -0.202. The molecule has 0 aromatic carbocycles. The van der Waals surface area contributed by atoms with E-state index in [1.165, 1.54) is 0 Å². The van der Waals surface area contributed by atoms with Crippen LogP contribution in [0.15, 0.2) is 0 Å². The Balaban J connectivity index is 2.89. The molecule has 1 aromatic rings. The molecule has 0 unspecified atom stereocenters. The molecule has 0 saturated carbocycles. The lowest BCUT2D eigenvalue weighted by Crippen LogP contribution is -2.28. The first-order valence-corrected chi connectivity index (χ1v) is 7.37. The number of hydrogen-bond acceptors (Lipinski definition) is 5. The van der Waals surface area contributed by atoms with Crippen LogP contribution in [0.25, 0.3) is 0 Å². The van der Waals surface area contributed by atoms with Crippen molar-refractivity contribution in [2.24, 2.45) is 0 Å². The highest BCUT2D eigenvalue weighted by atomic mass is 16.5. The maximum Gasteiger partial charge on any atom is 0.360 e. The summed E-state index contributed by atoms with van der Waals surface area (Å²) in [6, 6.07) is 0. The highest BCUT2D eigenvalue weighted by Crippen LogP contribution is 2.18. The van der Waals surface area contributed by atoms with Gasteiger partial charge in [0.05, 0.1) is 18.8 Å². The van der Waals surface area contributed by atoms with Crippen LogP contribution in [-0.2, 0) is 11.3 Å². The summed E-state index contributed by atoms with van der Waals surface area (Å²) in [5, 5.41) is 8.13. The molecule has 6 heteroatoms. The van der Waals surface area contributed by atoms with Crippen LogP contribution in [0.5, 0.6) is 0 Å². The largest absolute Gasteiger partial charge is 0.461 e. The predicted molar refractivity (Wildman–Crippen MR) is 77.9 cm³/mol. The first kappa shape index (κ1) is 16.6. The molecule has 1 heterocycles. The molecular formula is C14H26N4O2. The van der Waals surface area contributed by atoms with Crippen molar-refractivity contribution in [2.45, 2.75) is 47.1 Å². The lowest BCUT2D eigenvalue weighted by Gasteiger charge is -2.18. The van der Waals surface area contributed by atoms with Crippen molar-refractivity contribution >= 4 is 5.97 Å². The van der Waals surface area contributed by atoms with Crippen molar-refractivity contribution in [3.05, 3.63) is 11.4 Å². The SMILES string of the molecule is CCOC(=O)c1nnn(CCN(CC)CC)c1C(C)C. The van der Waals surface area contributed by atoms with Gasteiger partial charge in [-0.05, 0) is 25.9 Å². The maximum absolute atomic E-state index is 11.9. The Morgan fingerprint density at radius 1 is 1.30 bits per heavy atom. The first-order valence-electron chi connectivity index (χ1n) is 7.37. The number of rotatable bonds is 8. The summed E-state index contributed by atoms with van der Waals surface area (Å²) in [6.07, 6.45) is 0. The van der Waals surface area contributed by atoms with Gasteiger partial charge in [0.1, 0.15) is 0 Å². The third kappa shape index (κ3) is 4.03. The summed E-state index contributed by atoms with van der Waals surface area (Å²) in [6.45, 7) is 14.1. The van der Waals surface area contributed by atoms with Crippen LogP contribution in [0.2, 0.25) is 0 Å². The monoisotopic (exact) mass is 282 g/mol. The van der Waals surface area contributed by atoms with Crippen LogP contribution < -0.4 is 0 Å². The molecule has 0 aliphatic rings. The van der Waals surface area contributed by atoms with E-state index in [-0.39, 0.29) is 11.9 Å². The molecule has 1 aromatic heterocycles. The van der Waals surface area contributed by atoms with Crippen LogP contribution in [0, 0.1) is 0 Å². The standard InChI is InChI=1S/C14H26N4O2/c1-6-17(7-2)9-10-18-13(11(4)5)12(15-16-18)14(19)20-8-3/h11H,6-10H2,1-5H3. The Hall–Kier alpha value is -1.43. The van der Waals surface area contributed by atoms with Gasteiger partial charge in [-0.3, -0.25) is 0 Å². The van der Waals surface area contributed by atoms with Gasteiger partial charge < -0.3 is 9.64 Å². The number of carbonyl (C=O) groups is 1. The zero-order valence-electron chi connectivity index (χ0n) is 13.2. The van der Waals surface area contributed by atoms with Gasteiger partial charge in [0.2, 0.25) is 0 Å². The number of aromatic nitrogens is 3. The highest BCUT2D eigenvalue weighted by Gasteiger charge is 2.23. The smallest absolute Gasteiger partial charge is 0.360 e. The van der Waals surface area contributed by atoms with E-state index in [1.807, 2.05) is 18.5 Å². The molecular weight excluding hydrogens is 256 g/mol. The molecule has 0 bridgehead atoms. The minimum atomic E-state index is -0.384. The van der Waals surface area contributed by atoms with E-state index in [2.05, 4.69) is 29.1 Å². The van der Waals surface area contributed by atoms with E-state index in [1.54, 1.807) is 6.92 Å². The molecule has 0 N–H and O–H groups in total.